The molecule has 3 aromatic rings. The summed E-state index contributed by atoms with van der Waals surface area (Å²) >= 11 is 6.53. The zero-order chi connectivity index (χ0) is 33.6. The van der Waals surface area contributed by atoms with Crippen molar-refractivity contribution in [3.63, 3.8) is 0 Å². The number of ether oxygens (including phenoxy) is 1. The molecule has 48 heavy (non-hydrogen) atoms. The van der Waals surface area contributed by atoms with E-state index in [2.05, 4.69) is 33.0 Å². The molecule has 252 valence electrons. The standard InChI is InChI=1S/C36H40ClF2N7O2/c1-4-25-11-14-36(13-6-15-46(25)36)22-48-35-41-29-21-43(30-8-5-7-24-9-10-28(39)32(37)31(24)30)16-12-27(29)33(42-35)44-17-18-45(34(47)23(2)38)26(20-44)19-40-3/h5,7-10,25-26H,2,4,6,11-22H2,1H3/t25?,26-,36?/m0/s1. The highest BCUT2D eigenvalue weighted by Crippen LogP contribution is 2.44. The quantitative estimate of drug-likeness (QED) is 0.208. The zero-order valence-corrected chi connectivity index (χ0v) is 28.0. The van der Waals surface area contributed by atoms with Crippen molar-refractivity contribution in [2.45, 2.75) is 69.6 Å². The number of carbonyl (C=O) groups excluding carboxylic acids is 1. The lowest BCUT2D eigenvalue weighted by atomic mass is 9.95. The van der Waals surface area contributed by atoms with Gasteiger partial charge in [0.1, 0.15) is 24.3 Å². The molecule has 3 fully saturated rings. The summed E-state index contributed by atoms with van der Waals surface area (Å²) in [6, 6.07) is 9.31. The van der Waals surface area contributed by atoms with Crippen molar-refractivity contribution in [2.75, 3.05) is 55.7 Å². The smallest absolute Gasteiger partial charge is 0.318 e. The maximum absolute atomic E-state index is 14.6. The minimum Gasteiger partial charge on any atom is -0.461 e. The van der Waals surface area contributed by atoms with Crippen LogP contribution in [-0.4, -0.2) is 89.2 Å². The Kier molecular flexibility index (Phi) is 8.90. The van der Waals surface area contributed by atoms with Crippen molar-refractivity contribution in [1.82, 2.24) is 19.8 Å². The average molecular weight is 676 g/mol. The summed E-state index contributed by atoms with van der Waals surface area (Å²) in [6.45, 7) is 16.6. The Morgan fingerprint density at radius 1 is 1.15 bits per heavy atom. The molecule has 2 unspecified atom stereocenters. The molecule has 3 atom stereocenters. The van der Waals surface area contributed by atoms with Gasteiger partial charge in [-0.2, -0.15) is 9.97 Å². The fraction of sp³-hybridized carbons (Fsp3) is 0.500. The van der Waals surface area contributed by atoms with Crippen molar-refractivity contribution < 1.29 is 18.3 Å². The van der Waals surface area contributed by atoms with E-state index in [-0.39, 0.29) is 23.7 Å². The summed E-state index contributed by atoms with van der Waals surface area (Å²) in [4.78, 5) is 34.4. The van der Waals surface area contributed by atoms with Gasteiger partial charge in [-0.1, -0.05) is 43.3 Å². The third-order valence-corrected chi connectivity index (χ3v) is 11.2. The number of halogens is 3. The van der Waals surface area contributed by atoms with E-state index in [0.29, 0.717) is 56.6 Å². The predicted molar refractivity (Wildman–Crippen MR) is 183 cm³/mol. The van der Waals surface area contributed by atoms with Gasteiger partial charge in [0.2, 0.25) is 6.54 Å². The lowest BCUT2D eigenvalue weighted by Crippen LogP contribution is -2.57. The molecular formula is C36H40ClF2N7O2. The van der Waals surface area contributed by atoms with E-state index in [4.69, 9.17) is 32.9 Å². The van der Waals surface area contributed by atoms with Crippen molar-refractivity contribution in [3.8, 4) is 6.01 Å². The Labute approximate surface area is 284 Å². The van der Waals surface area contributed by atoms with E-state index in [1.54, 1.807) is 6.07 Å². The van der Waals surface area contributed by atoms with Crippen LogP contribution in [0.15, 0.2) is 42.7 Å². The number of rotatable bonds is 8. The molecule has 7 rings (SSSR count). The first-order valence-electron chi connectivity index (χ1n) is 16.9. The van der Waals surface area contributed by atoms with E-state index in [1.807, 2.05) is 18.2 Å². The molecule has 1 amide bonds. The van der Waals surface area contributed by atoms with Crippen LogP contribution in [0.1, 0.15) is 50.3 Å². The van der Waals surface area contributed by atoms with Gasteiger partial charge >= 0.3 is 6.01 Å². The summed E-state index contributed by atoms with van der Waals surface area (Å²) in [5.41, 5.74) is 2.59. The number of hydrogen-bond acceptors (Lipinski definition) is 7. The lowest BCUT2D eigenvalue weighted by Gasteiger charge is -2.41. The van der Waals surface area contributed by atoms with Crippen LogP contribution in [0.25, 0.3) is 15.6 Å². The summed E-state index contributed by atoms with van der Waals surface area (Å²) in [7, 11) is 0. The van der Waals surface area contributed by atoms with E-state index < -0.39 is 23.6 Å². The van der Waals surface area contributed by atoms with Crippen LogP contribution in [0.3, 0.4) is 0 Å². The Hall–Kier alpha value is -4.01. The molecule has 5 heterocycles. The topological polar surface area (TPSA) is 69.4 Å². The Morgan fingerprint density at radius 3 is 2.79 bits per heavy atom. The third-order valence-electron chi connectivity index (χ3n) is 10.8. The minimum absolute atomic E-state index is 0.0165. The Morgan fingerprint density at radius 2 is 2.00 bits per heavy atom. The van der Waals surface area contributed by atoms with Gasteiger partial charge in [-0.25, -0.2) is 15.4 Å². The number of carbonyl (C=O) groups is 1. The number of piperazine rings is 1. The van der Waals surface area contributed by atoms with Crippen molar-refractivity contribution in [2.24, 2.45) is 0 Å². The first-order chi connectivity index (χ1) is 23.2. The molecule has 0 spiro atoms. The number of benzene rings is 2. The van der Waals surface area contributed by atoms with Crippen LogP contribution in [-0.2, 0) is 17.8 Å². The number of anilines is 2. The summed E-state index contributed by atoms with van der Waals surface area (Å²) < 4.78 is 35.1. The monoisotopic (exact) mass is 675 g/mol. The SMILES string of the molecule is [C-]#[N+]C[C@H]1CN(c2nc(OCC34CCCN3C(CC)CC4)nc3c2CCN(c2cccc4ccc(F)c(Cl)c24)C3)CCN1C(=O)C(=C)F. The molecule has 0 radical (unpaired) electrons. The van der Waals surface area contributed by atoms with E-state index >= 15 is 0 Å². The predicted octanol–water partition coefficient (Wildman–Crippen LogP) is 6.19. The van der Waals surface area contributed by atoms with Gasteiger partial charge in [-0.05, 0) is 62.6 Å². The Balaban J connectivity index is 1.23. The molecule has 0 N–H and O–H groups in total. The van der Waals surface area contributed by atoms with Gasteiger partial charge in [0.25, 0.3) is 5.91 Å². The summed E-state index contributed by atoms with van der Waals surface area (Å²) in [5.74, 6) is -1.55. The lowest BCUT2D eigenvalue weighted by molar-refractivity contribution is -0.131. The summed E-state index contributed by atoms with van der Waals surface area (Å²) in [5, 5.41) is 1.62. The molecular weight excluding hydrogens is 636 g/mol. The molecule has 4 aliphatic rings. The Bertz CT molecular complexity index is 1800. The van der Waals surface area contributed by atoms with Crippen LogP contribution < -0.4 is 14.5 Å². The largest absolute Gasteiger partial charge is 0.461 e. The molecule has 12 heteroatoms. The number of amides is 1. The first kappa shape index (κ1) is 32.5. The maximum atomic E-state index is 14.6. The van der Waals surface area contributed by atoms with Crippen molar-refractivity contribution in [1.29, 1.82) is 0 Å². The number of nitrogens with zero attached hydrogens (tertiary/aromatic N) is 7. The van der Waals surface area contributed by atoms with E-state index in [0.717, 1.165) is 66.8 Å². The molecule has 1 aromatic heterocycles. The van der Waals surface area contributed by atoms with Crippen molar-refractivity contribution in [3.05, 3.63) is 76.3 Å². The van der Waals surface area contributed by atoms with Gasteiger partial charge in [0.05, 0.1) is 22.8 Å². The molecule has 2 aromatic carbocycles. The van der Waals surface area contributed by atoms with Crippen molar-refractivity contribution >= 4 is 39.8 Å². The average Bonchev–Trinajstić information content (AvgIpc) is 3.67. The van der Waals surface area contributed by atoms with Gasteiger partial charge in [0, 0.05) is 48.9 Å². The second-order valence-electron chi connectivity index (χ2n) is 13.4. The van der Waals surface area contributed by atoms with Crippen LogP contribution in [0.5, 0.6) is 6.01 Å². The highest BCUT2D eigenvalue weighted by atomic mass is 35.5. The fourth-order valence-electron chi connectivity index (χ4n) is 8.45. The second-order valence-corrected chi connectivity index (χ2v) is 13.8. The van der Waals surface area contributed by atoms with Crippen LogP contribution in [0.4, 0.5) is 20.3 Å². The first-order valence-corrected chi connectivity index (χ1v) is 17.3. The van der Waals surface area contributed by atoms with E-state index in [1.165, 1.54) is 11.0 Å². The summed E-state index contributed by atoms with van der Waals surface area (Å²) in [6.07, 6.45) is 6.21. The molecule has 3 saturated heterocycles. The maximum Gasteiger partial charge on any atom is 0.318 e. The zero-order valence-electron chi connectivity index (χ0n) is 27.2. The highest BCUT2D eigenvalue weighted by molar-refractivity contribution is 6.36. The van der Waals surface area contributed by atoms with Crippen LogP contribution >= 0.6 is 11.6 Å². The minimum atomic E-state index is -1.03. The molecule has 0 aliphatic carbocycles. The number of hydrogen-bond donors (Lipinski definition) is 0. The molecule has 9 nitrogen and oxygen atoms in total. The van der Waals surface area contributed by atoms with E-state index in [9.17, 15) is 13.6 Å². The van der Waals surface area contributed by atoms with Crippen LogP contribution in [0, 0.1) is 12.4 Å². The molecule has 0 saturated carbocycles. The molecule has 0 bridgehead atoms. The second kappa shape index (κ2) is 13.1. The van der Waals surface area contributed by atoms with Gasteiger partial charge < -0.3 is 24.3 Å². The number of aromatic nitrogens is 2. The van der Waals surface area contributed by atoms with Gasteiger partial charge in [0.15, 0.2) is 5.83 Å². The van der Waals surface area contributed by atoms with Crippen LogP contribution in [0.2, 0.25) is 5.02 Å². The number of fused-ring (bicyclic) bond motifs is 3. The third kappa shape index (κ3) is 5.73. The van der Waals surface area contributed by atoms with Gasteiger partial charge in [-0.15, -0.1) is 0 Å². The molecule has 4 aliphatic heterocycles. The van der Waals surface area contributed by atoms with Gasteiger partial charge in [-0.3, -0.25) is 9.69 Å². The highest BCUT2D eigenvalue weighted by Gasteiger charge is 2.49. The normalized spacial score (nSPS) is 24.0. The fourth-order valence-corrected chi connectivity index (χ4v) is 8.72.